The van der Waals surface area contributed by atoms with Gasteiger partial charge in [-0.3, -0.25) is 14.5 Å². The SMILES string of the molecule is C[C@H](c1ccccc1)N1CC2COC[C@@]2(NC(=O)OC(C)(C)C)C1.C[C@H](c1ccccc1)N1C[C@]2(C(=O)OC(C)(C)C)COCC2C1=O. The fraction of sp³-hybridized carbons (Fsp3) is 0.605. The van der Waals surface area contributed by atoms with Crippen LogP contribution in [0, 0.1) is 17.3 Å². The summed E-state index contributed by atoms with van der Waals surface area (Å²) in [6.45, 7) is 19.2. The highest BCUT2D eigenvalue weighted by Crippen LogP contribution is 2.46. The molecule has 10 nitrogen and oxygen atoms in total. The molecule has 4 heterocycles. The number of amides is 2. The molecule has 0 aliphatic carbocycles. The first-order valence-corrected chi connectivity index (χ1v) is 17.1. The molecule has 2 aromatic rings. The molecule has 0 saturated carbocycles. The molecule has 10 heteroatoms. The lowest BCUT2D eigenvalue weighted by Crippen LogP contribution is -2.55. The summed E-state index contributed by atoms with van der Waals surface area (Å²) < 4.78 is 22.3. The lowest BCUT2D eigenvalue weighted by atomic mass is 9.80. The van der Waals surface area contributed by atoms with Crippen LogP contribution < -0.4 is 5.32 Å². The molecule has 2 amide bonds. The Labute approximate surface area is 285 Å². The first-order valence-electron chi connectivity index (χ1n) is 17.1. The van der Waals surface area contributed by atoms with Crippen molar-refractivity contribution in [2.75, 3.05) is 46.1 Å². The minimum Gasteiger partial charge on any atom is -0.459 e. The van der Waals surface area contributed by atoms with Crippen LogP contribution in [0.1, 0.15) is 78.6 Å². The molecule has 48 heavy (non-hydrogen) atoms. The Morgan fingerprint density at radius 1 is 0.812 bits per heavy atom. The van der Waals surface area contributed by atoms with Gasteiger partial charge in [-0.1, -0.05) is 60.7 Å². The number of nitrogens with one attached hydrogen (secondary N) is 1. The number of ether oxygens (including phenoxy) is 4. The molecule has 2 aromatic carbocycles. The van der Waals surface area contributed by atoms with Gasteiger partial charge in [-0.2, -0.15) is 0 Å². The predicted molar refractivity (Wildman–Crippen MR) is 182 cm³/mol. The topological polar surface area (TPSA) is 107 Å². The first kappa shape index (κ1) is 35.8. The number of rotatable bonds is 6. The monoisotopic (exact) mass is 663 g/mol. The minimum absolute atomic E-state index is 0.0188. The molecular weight excluding hydrogens is 610 g/mol. The summed E-state index contributed by atoms with van der Waals surface area (Å²) in [5.41, 5.74) is 0.0572. The number of esters is 1. The fourth-order valence-corrected chi connectivity index (χ4v) is 7.24. The summed E-state index contributed by atoms with van der Waals surface area (Å²) in [5.74, 6) is -0.488. The predicted octanol–water partition coefficient (Wildman–Crippen LogP) is 5.54. The van der Waals surface area contributed by atoms with Crippen LogP contribution in [0.15, 0.2) is 60.7 Å². The van der Waals surface area contributed by atoms with Gasteiger partial charge in [-0.15, -0.1) is 0 Å². The average molecular weight is 664 g/mol. The van der Waals surface area contributed by atoms with E-state index < -0.39 is 22.5 Å². The number of hydrogen-bond acceptors (Lipinski definition) is 8. The summed E-state index contributed by atoms with van der Waals surface area (Å²) in [6.07, 6.45) is -0.354. The molecule has 4 saturated heterocycles. The third kappa shape index (κ3) is 7.71. The summed E-state index contributed by atoms with van der Waals surface area (Å²) in [5, 5.41) is 3.12. The van der Waals surface area contributed by atoms with Crippen LogP contribution >= 0.6 is 0 Å². The molecule has 4 aliphatic heterocycles. The van der Waals surface area contributed by atoms with Crippen LogP contribution in [0.3, 0.4) is 0 Å². The number of fused-ring (bicyclic) bond motifs is 2. The molecule has 0 radical (unpaired) electrons. The molecule has 4 aliphatic rings. The number of likely N-dealkylation sites (tertiary alicyclic amines) is 2. The van der Waals surface area contributed by atoms with Gasteiger partial charge in [0, 0.05) is 31.6 Å². The molecule has 4 fully saturated rings. The Morgan fingerprint density at radius 3 is 1.96 bits per heavy atom. The number of hydrogen-bond donors (Lipinski definition) is 1. The van der Waals surface area contributed by atoms with Crippen LogP contribution in [0.25, 0.3) is 0 Å². The standard InChI is InChI=1S/C19H28N2O3.C19H25NO4/c1-14(15-8-6-5-7-9-15)21-10-16-11-23-13-19(16,12-21)20-17(22)24-18(2,3)4;1-13(14-8-6-5-7-9-14)20-11-19(17(22)24-18(2,3)4)12-23-10-15(19)16(20)21/h5-9,14,16H,10-13H2,1-4H3,(H,20,22);5-9,13,15H,10-12H2,1-4H3/t14-,16?,19+;13-,15?,19+/m11/s1. The Hall–Kier alpha value is -3.47. The van der Waals surface area contributed by atoms with E-state index in [1.165, 1.54) is 5.56 Å². The number of alkyl carbamates (subject to hydrolysis) is 1. The molecule has 1 N–H and O–H groups in total. The Morgan fingerprint density at radius 2 is 1.38 bits per heavy atom. The second kappa shape index (κ2) is 13.8. The summed E-state index contributed by atoms with van der Waals surface area (Å²) in [4.78, 5) is 42.3. The third-order valence-corrected chi connectivity index (χ3v) is 9.88. The number of carbonyl (C=O) groups is 3. The van der Waals surface area contributed by atoms with Crippen LogP contribution in [-0.4, -0.2) is 90.6 Å². The van der Waals surface area contributed by atoms with Gasteiger partial charge in [-0.05, 0) is 66.5 Å². The molecule has 0 bridgehead atoms. The molecular formula is C38H53N3O7. The van der Waals surface area contributed by atoms with E-state index in [9.17, 15) is 14.4 Å². The third-order valence-electron chi connectivity index (χ3n) is 9.88. The van der Waals surface area contributed by atoms with Gasteiger partial charge < -0.3 is 29.2 Å². The Bertz CT molecular complexity index is 1440. The van der Waals surface area contributed by atoms with Crippen molar-refractivity contribution < 1.29 is 33.3 Å². The molecule has 6 atom stereocenters. The van der Waals surface area contributed by atoms with Crippen LogP contribution in [0.2, 0.25) is 0 Å². The maximum absolute atomic E-state index is 12.9. The Balaban J connectivity index is 0.000000188. The van der Waals surface area contributed by atoms with Crippen molar-refractivity contribution in [2.45, 2.75) is 84.2 Å². The second-order valence-electron chi connectivity index (χ2n) is 15.8. The maximum atomic E-state index is 12.9. The maximum Gasteiger partial charge on any atom is 0.408 e. The highest BCUT2D eigenvalue weighted by molar-refractivity contribution is 5.93. The van der Waals surface area contributed by atoms with Crippen molar-refractivity contribution in [3.05, 3.63) is 71.8 Å². The van der Waals surface area contributed by atoms with Gasteiger partial charge in [-0.25, -0.2) is 4.79 Å². The Kier molecular flexibility index (Phi) is 10.3. The van der Waals surface area contributed by atoms with E-state index in [0.717, 1.165) is 18.7 Å². The van der Waals surface area contributed by atoms with Gasteiger partial charge in [0.15, 0.2) is 0 Å². The van der Waals surface area contributed by atoms with Crippen LogP contribution in [0.4, 0.5) is 4.79 Å². The quantitative estimate of drug-likeness (QED) is 0.402. The van der Waals surface area contributed by atoms with Crippen molar-refractivity contribution in [3.63, 3.8) is 0 Å². The number of nitrogens with zero attached hydrogens (tertiary/aromatic N) is 2. The van der Waals surface area contributed by atoms with Crippen molar-refractivity contribution in [1.82, 2.24) is 15.1 Å². The number of benzene rings is 2. The zero-order valence-corrected chi connectivity index (χ0v) is 29.8. The molecule has 0 spiro atoms. The largest absolute Gasteiger partial charge is 0.459 e. The summed E-state index contributed by atoms with van der Waals surface area (Å²) in [6, 6.07) is 20.6. The van der Waals surface area contributed by atoms with E-state index in [2.05, 4.69) is 41.4 Å². The second-order valence-corrected chi connectivity index (χ2v) is 15.8. The molecule has 0 aromatic heterocycles. The van der Waals surface area contributed by atoms with Gasteiger partial charge in [0.05, 0.1) is 43.9 Å². The zero-order chi connectivity index (χ0) is 34.9. The number of carbonyl (C=O) groups excluding carboxylic acids is 3. The van der Waals surface area contributed by atoms with Gasteiger partial charge >= 0.3 is 12.1 Å². The van der Waals surface area contributed by atoms with E-state index in [0.29, 0.717) is 31.7 Å². The molecule has 262 valence electrons. The van der Waals surface area contributed by atoms with E-state index in [4.69, 9.17) is 18.9 Å². The van der Waals surface area contributed by atoms with E-state index in [1.807, 2.05) is 84.9 Å². The van der Waals surface area contributed by atoms with E-state index in [-0.39, 0.29) is 42.8 Å². The highest BCUT2D eigenvalue weighted by Gasteiger charge is 2.62. The van der Waals surface area contributed by atoms with E-state index in [1.54, 1.807) is 4.90 Å². The van der Waals surface area contributed by atoms with Crippen molar-refractivity contribution in [1.29, 1.82) is 0 Å². The van der Waals surface area contributed by atoms with Crippen molar-refractivity contribution in [2.24, 2.45) is 17.3 Å². The average Bonchev–Trinajstić information content (AvgIpc) is 3.76. The summed E-state index contributed by atoms with van der Waals surface area (Å²) in [7, 11) is 0. The summed E-state index contributed by atoms with van der Waals surface area (Å²) >= 11 is 0. The van der Waals surface area contributed by atoms with Gasteiger partial charge in [0.1, 0.15) is 16.6 Å². The van der Waals surface area contributed by atoms with Crippen molar-refractivity contribution >= 4 is 18.0 Å². The minimum atomic E-state index is -0.882. The zero-order valence-electron chi connectivity index (χ0n) is 29.8. The van der Waals surface area contributed by atoms with Crippen LogP contribution in [0.5, 0.6) is 0 Å². The van der Waals surface area contributed by atoms with Gasteiger partial charge in [0.25, 0.3) is 0 Å². The van der Waals surface area contributed by atoms with Crippen LogP contribution in [-0.2, 0) is 28.5 Å². The molecule has 2 unspecified atom stereocenters. The lowest BCUT2D eigenvalue weighted by molar-refractivity contribution is -0.168. The molecule has 6 rings (SSSR count). The normalized spacial score (nSPS) is 28.2. The van der Waals surface area contributed by atoms with Gasteiger partial charge in [0.2, 0.25) is 5.91 Å². The smallest absolute Gasteiger partial charge is 0.408 e. The lowest BCUT2D eigenvalue weighted by Gasteiger charge is -2.31. The van der Waals surface area contributed by atoms with Crippen molar-refractivity contribution in [3.8, 4) is 0 Å². The van der Waals surface area contributed by atoms with E-state index >= 15 is 0 Å². The fourth-order valence-electron chi connectivity index (χ4n) is 7.24. The first-order chi connectivity index (χ1) is 22.5. The highest BCUT2D eigenvalue weighted by atomic mass is 16.6.